The van der Waals surface area contributed by atoms with Crippen LogP contribution in [0.5, 0.6) is 5.75 Å². The molecule has 0 fully saturated rings. The number of halogens is 3. The van der Waals surface area contributed by atoms with Gasteiger partial charge in [0.05, 0.1) is 12.0 Å². The fraction of sp³-hybridized carbons (Fsp3) is 0.214. The zero-order valence-electron chi connectivity index (χ0n) is 12.3. The van der Waals surface area contributed by atoms with Crippen LogP contribution in [0.3, 0.4) is 0 Å². The number of para-hydroxylation sites is 2. The molecule has 2 aromatic heterocycles. The summed E-state index contributed by atoms with van der Waals surface area (Å²) in [5, 5.41) is 0.248. The standard InChI is InChI=1S/C14H11F3N4O2S/c1-2-24-13-20-11-10(18-7-19-11)12(22)21(13)8-5-3-4-6-9(8)23-14(15,16)17/h3-7H,2H2,1H3,(H,18,19). The lowest BCUT2D eigenvalue weighted by molar-refractivity contribution is -0.274. The van der Waals surface area contributed by atoms with E-state index in [9.17, 15) is 18.0 Å². The molecule has 0 aliphatic heterocycles. The van der Waals surface area contributed by atoms with E-state index in [4.69, 9.17) is 0 Å². The molecule has 6 nitrogen and oxygen atoms in total. The van der Waals surface area contributed by atoms with Gasteiger partial charge < -0.3 is 9.72 Å². The van der Waals surface area contributed by atoms with Crippen LogP contribution in [0.4, 0.5) is 13.2 Å². The molecule has 3 rings (SSSR count). The lowest BCUT2D eigenvalue weighted by Gasteiger charge is -2.16. The van der Waals surface area contributed by atoms with Crippen molar-refractivity contribution in [3.8, 4) is 11.4 Å². The number of rotatable bonds is 4. The Bertz CT molecular complexity index is 936. The van der Waals surface area contributed by atoms with E-state index in [2.05, 4.69) is 19.7 Å². The summed E-state index contributed by atoms with van der Waals surface area (Å²) >= 11 is 1.22. The summed E-state index contributed by atoms with van der Waals surface area (Å²) in [6.07, 6.45) is -3.57. The van der Waals surface area contributed by atoms with Crippen LogP contribution in [-0.4, -0.2) is 31.6 Å². The van der Waals surface area contributed by atoms with Gasteiger partial charge in [-0.2, -0.15) is 0 Å². The summed E-state index contributed by atoms with van der Waals surface area (Å²) in [6.45, 7) is 1.84. The molecule has 0 aliphatic rings. The Hall–Kier alpha value is -2.49. The van der Waals surface area contributed by atoms with Crippen molar-refractivity contribution in [1.82, 2.24) is 19.5 Å². The van der Waals surface area contributed by atoms with E-state index in [1.165, 1.54) is 36.3 Å². The van der Waals surface area contributed by atoms with Crippen LogP contribution in [0.25, 0.3) is 16.9 Å². The van der Waals surface area contributed by atoms with Gasteiger partial charge in [0.25, 0.3) is 5.56 Å². The minimum absolute atomic E-state index is 0.0391. The number of H-pyrrole nitrogens is 1. The molecule has 0 amide bonds. The number of alkyl halides is 3. The van der Waals surface area contributed by atoms with E-state index in [-0.39, 0.29) is 22.0 Å². The third-order valence-electron chi connectivity index (χ3n) is 3.03. The molecule has 0 atom stereocenters. The van der Waals surface area contributed by atoms with Crippen LogP contribution >= 0.6 is 11.8 Å². The summed E-state index contributed by atoms with van der Waals surface area (Å²) in [5.74, 6) is 0.0933. The number of hydrogen-bond acceptors (Lipinski definition) is 5. The van der Waals surface area contributed by atoms with Gasteiger partial charge in [-0.05, 0) is 17.9 Å². The second-order valence-corrected chi connectivity index (χ2v) is 5.81. The fourth-order valence-corrected chi connectivity index (χ4v) is 2.88. The monoisotopic (exact) mass is 356 g/mol. The average molecular weight is 356 g/mol. The molecule has 0 unspecified atom stereocenters. The molecule has 3 aromatic rings. The molecule has 24 heavy (non-hydrogen) atoms. The van der Waals surface area contributed by atoms with Crippen molar-refractivity contribution in [2.45, 2.75) is 18.4 Å². The number of nitrogens with one attached hydrogen (secondary N) is 1. The van der Waals surface area contributed by atoms with Gasteiger partial charge in [0, 0.05) is 0 Å². The lowest BCUT2D eigenvalue weighted by atomic mass is 10.3. The van der Waals surface area contributed by atoms with Gasteiger partial charge >= 0.3 is 6.36 Å². The van der Waals surface area contributed by atoms with Gasteiger partial charge in [-0.3, -0.25) is 4.79 Å². The maximum absolute atomic E-state index is 12.7. The van der Waals surface area contributed by atoms with Crippen molar-refractivity contribution in [2.24, 2.45) is 0 Å². The highest BCUT2D eigenvalue weighted by molar-refractivity contribution is 7.99. The summed E-state index contributed by atoms with van der Waals surface area (Å²) in [4.78, 5) is 23.6. The molecular weight excluding hydrogens is 345 g/mol. The number of thioether (sulfide) groups is 1. The second-order valence-electron chi connectivity index (χ2n) is 4.58. The first-order chi connectivity index (χ1) is 11.4. The average Bonchev–Trinajstić information content (AvgIpc) is 2.96. The van der Waals surface area contributed by atoms with Gasteiger partial charge in [-0.15, -0.1) is 13.2 Å². The number of hydrogen-bond donors (Lipinski definition) is 1. The topological polar surface area (TPSA) is 72.8 Å². The van der Waals surface area contributed by atoms with Crippen molar-refractivity contribution < 1.29 is 17.9 Å². The quantitative estimate of drug-likeness (QED) is 0.574. The number of ether oxygens (including phenoxy) is 1. The fourth-order valence-electron chi connectivity index (χ4n) is 2.16. The summed E-state index contributed by atoms with van der Waals surface area (Å²) in [6, 6.07) is 5.41. The molecule has 0 spiro atoms. The highest BCUT2D eigenvalue weighted by Crippen LogP contribution is 2.30. The lowest BCUT2D eigenvalue weighted by Crippen LogP contribution is -2.24. The minimum Gasteiger partial charge on any atom is -0.404 e. The Balaban J connectivity index is 2.28. The number of fused-ring (bicyclic) bond motifs is 1. The largest absolute Gasteiger partial charge is 0.573 e. The molecule has 126 valence electrons. The van der Waals surface area contributed by atoms with Gasteiger partial charge in [0.2, 0.25) is 0 Å². The van der Waals surface area contributed by atoms with Crippen LogP contribution in [0.15, 0.2) is 40.5 Å². The van der Waals surface area contributed by atoms with E-state index in [1.54, 1.807) is 0 Å². The van der Waals surface area contributed by atoms with Crippen molar-refractivity contribution in [1.29, 1.82) is 0 Å². The molecule has 1 aromatic carbocycles. The van der Waals surface area contributed by atoms with Gasteiger partial charge in [0.15, 0.2) is 22.1 Å². The number of benzene rings is 1. The predicted molar refractivity (Wildman–Crippen MR) is 82.6 cm³/mol. The van der Waals surface area contributed by atoms with Gasteiger partial charge in [-0.1, -0.05) is 30.8 Å². The number of imidazole rings is 1. The van der Waals surface area contributed by atoms with Crippen molar-refractivity contribution >= 4 is 22.9 Å². The Morgan fingerprint density at radius 3 is 2.79 bits per heavy atom. The Morgan fingerprint density at radius 1 is 1.33 bits per heavy atom. The van der Waals surface area contributed by atoms with E-state index in [0.29, 0.717) is 5.75 Å². The summed E-state index contributed by atoms with van der Waals surface area (Å²) < 4.78 is 43.1. The first-order valence-electron chi connectivity index (χ1n) is 6.85. The van der Waals surface area contributed by atoms with E-state index < -0.39 is 17.7 Å². The van der Waals surface area contributed by atoms with Crippen LogP contribution < -0.4 is 10.3 Å². The molecule has 10 heteroatoms. The van der Waals surface area contributed by atoms with Crippen LogP contribution in [0.1, 0.15) is 6.92 Å². The minimum atomic E-state index is -4.87. The summed E-state index contributed by atoms with van der Waals surface area (Å²) in [7, 11) is 0. The first kappa shape index (κ1) is 16.4. The number of aromatic amines is 1. The van der Waals surface area contributed by atoms with E-state index >= 15 is 0 Å². The Morgan fingerprint density at radius 2 is 2.08 bits per heavy atom. The molecule has 2 heterocycles. The SMILES string of the molecule is CCSc1nc2[nH]cnc2c(=O)n1-c1ccccc1OC(F)(F)F. The van der Waals surface area contributed by atoms with Crippen LogP contribution in [0.2, 0.25) is 0 Å². The molecule has 0 radical (unpaired) electrons. The van der Waals surface area contributed by atoms with E-state index in [0.717, 1.165) is 10.6 Å². The zero-order valence-corrected chi connectivity index (χ0v) is 13.1. The van der Waals surface area contributed by atoms with E-state index in [1.807, 2.05) is 6.92 Å². The smallest absolute Gasteiger partial charge is 0.404 e. The van der Waals surface area contributed by atoms with Gasteiger partial charge in [0.1, 0.15) is 0 Å². The highest BCUT2D eigenvalue weighted by Gasteiger charge is 2.32. The van der Waals surface area contributed by atoms with Crippen LogP contribution in [0, 0.1) is 0 Å². The molecule has 0 saturated heterocycles. The highest BCUT2D eigenvalue weighted by atomic mass is 32.2. The molecule has 0 aliphatic carbocycles. The normalized spacial score (nSPS) is 11.8. The maximum atomic E-state index is 12.7. The third-order valence-corrected chi connectivity index (χ3v) is 3.85. The first-order valence-corrected chi connectivity index (χ1v) is 7.83. The second kappa shape index (κ2) is 6.19. The molecule has 0 bridgehead atoms. The molecule has 1 N–H and O–H groups in total. The third kappa shape index (κ3) is 3.09. The predicted octanol–water partition coefficient (Wildman–Crippen LogP) is 3.12. The molecule has 0 saturated carbocycles. The maximum Gasteiger partial charge on any atom is 0.573 e. The Kier molecular flexibility index (Phi) is 4.22. The van der Waals surface area contributed by atoms with Crippen molar-refractivity contribution in [3.63, 3.8) is 0 Å². The Labute approximate surface area is 137 Å². The van der Waals surface area contributed by atoms with Crippen molar-refractivity contribution in [3.05, 3.63) is 40.9 Å². The number of aromatic nitrogens is 4. The van der Waals surface area contributed by atoms with Gasteiger partial charge in [-0.25, -0.2) is 14.5 Å². The molecular formula is C14H11F3N4O2S. The van der Waals surface area contributed by atoms with Crippen LogP contribution in [-0.2, 0) is 0 Å². The van der Waals surface area contributed by atoms with Crippen molar-refractivity contribution in [2.75, 3.05) is 5.75 Å². The zero-order chi connectivity index (χ0) is 17.3. The summed E-state index contributed by atoms with van der Waals surface area (Å²) in [5.41, 5.74) is -0.303. The number of nitrogens with zero attached hydrogens (tertiary/aromatic N) is 3.